The van der Waals surface area contributed by atoms with Crippen LogP contribution in [-0.4, -0.2) is 19.8 Å². The number of nitrogens with one attached hydrogen (secondary N) is 1. The van der Waals surface area contributed by atoms with Crippen LogP contribution in [0.3, 0.4) is 0 Å². The lowest BCUT2D eigenvalue weighted by molar-refractivity contribution is 0.176. The van der Waals surface area contributed by atoms with Gasteiger partial charge in [-0.25, -0.2) is 8.78 Å². The predicted octanol–water partition coefficient (Wildman–Crippen LogP) is 2.65. The van der Waals surface area contributed by atoms with Crippen molar-refractivity contribution in [3.8, 4) is 0 Å². The van der Waals surface area contributed by atoms with Crippen LogP contribution in [0.15, 0.2) is 18.2 Å². The summed E-state index contributed by atoms with van der Waals surface area (Å²) in [5.41, 5.74) is 0.531. The zero-order valence-electron chi connectivity index (χ0n) is 9.88. The SMILES string of the molecule is CCNC(c1ccc(F)cc1F)C1CCOC1. The van der Waals surface area contributed by atoms with Crippen molar-refractivity contribution in [3.05, 3.63) is 35.4 Å². The Morgan fingerprint density at radius 3 is 2.88 bits per heavy atom. The van der Waals surface area contributed by atoms with Crippen LogP contribution in [0.1, 0.15) is 24.9 Å². The van der Waals surface area contributed by atoms with Gasteiger partial charge in [0.05, 0.1) is 6.61 Å². The van der Waals surface area contributed by atoms with Crippen LogP contribution in [0.25, 0.3) is 0 Å². The molecule has 4 heteroatoms. The fourth-order valence-corrected chi connectivity index (χ4v) is 2.32. The molecule has 0 radical (unpaired) electrons. The molecule has 1 saturated heterocycles. The maximum absolute atomic E-state index is 13.8. The summed E-state index contributed by atoms with van der Waals surface area (Å²) in [6.07, 6.45) is 0.911. The minimum Gasteiger partial charge on any atom is -0.381 e. The Labute approximate surface area is 100.0 Å². The summed E-state index contributed by atoms with van der Waals surface area (Å²) < 4.78 is 32.0. The molecule has 1 aliphatic heterocycles. The lowest BCUT2D eigenvalue weighted by Crippen LogP contribution is -2.29. The molecule has 0 aromatic heterocycles. The number of hydrogen-bond donors (Lipinski definition) is 1. The Hall–Kier alpha value is -1.00. The minimum atomic E-state index is -0.538. The molecule has 1 heterocycles. The lowest BCUT2D eigenvalue weighted by Gasteiger charge is -2.24. The van der Waals surface area contributed by atoms with Crippen molar-refractivity contribution in [2.45, 2.75) is 19.4 Å². The van der Waals surface area contributed by atoms with Gasteiger partial charge in [-0.05, 0) is 19.0 Å². The third-order valence-corrected chi connectivity index (χ3v) is 3.16. The van der Waals surface area contributed by atoms with Crippen molar-refractivity contribution >= 4 is 0 Å². The molecule has 2 atom stereocenters. The van der Waals surface area contributed by atoms with Crippen LogP contribution < -0.4 is 5.32 Å². The molecular formula is C13H17F2NO. The third kappa shape index (κ3) is 2.82. The smallest absolute Gasteiger partial charge is 0.130 e. The fraction of sp³-hybridized carbons (Fsp3) is 0.538. The molecule has 2 nitrogen and oxygen atoms in total. The summed E-state index contributed by atoms with van der Waals surface area (Å²) in [5, 5.41) is 3.26. The van der Waals surface area contributed by atoms with Crippen molar-refractivity contribution < 1.29 is 13.5 Å². The summed E-state index contributed by atoms with van der Waals surface area (Å²) in [5.74, 6) is -0.762. The summed E-state index contributed by atoms with van der Waals surface area (Å²) in [7, 11) is 0. The van der Waals surface area contributed by atoms with Gasteiger partial charge in [0.25, 0.3) is 0 Å². The Bertz CT molecular complexity index is 378. The second-order valence-corrected chi connectivity index (χ2v) is 4.32. The molecule has 1 aliphatic rings. The standard InChI is InChI=1S/C13H17F2NO/c1-2-16-13(9-5-6-17-8-9)11-4-3-10(14)7-12(11)15/h3-4,7,9,13,16H,2,5-6,8H2,1H3. The van der Waals surface area contributed by atoms with Gasteiger partial charge in [0.2, 0.25) is 0 Å². The first-order valence-corrected chi connectivity index (χ1v) is 5.98. The first-order valence-electron chi connectivity index (χ1n) is 5.98. The van der Waals surface area contributed by atoms with Crippen molar-refractivity contribution in [2.75, 3.05) is 19.8 Å². The van der Waals surface area contributed by atoms with Crippen LogP contribution in [-0.2, 0) is 4.74 Å². The zero-order valence-corrected chi connectivity index (χ0v) is 9.88. The van der Waals surface area contributed by atoms with E-state index in [1.165, 1.54) is 12.1 Å². The zero-order chi connectivity index (χ0) is 12.3. The first kappa shape index (κ1) is 12.5. The number of benzene rings is 1. The monoisotopic (exact) mass is 241 g/mol. The Morgan fingerprint density at radius 2 is 2.29 bits per heavy atom. The minimum absolute atomic E-state index is 0.0944. The van der Waals surface area contributed by atoms with Gasteiger partial charge in [-0.3, -0.25) is 0 Å². The Kier molecular flexibility index (Phi) is 4.07. The van der Waals surface area contributed by atoms with Gasteiger partial charge < -0.3 is 10.1 Å². The highest BCUT2D eigenvalue weighted by Crippen LogP contribution is 2.30. The quantitative estimate of drug-likeness (QED) is 0.875. The maximum Gasteiger partial charge on any atom is 0.130 e. The average molecular weight is 241 g/mol. The van der Waals surface area contributed by atoms with E-state index in [9.17, 15) is 8.78 Å². The van der Waals surface area contributed by atoms with E-state index in [2.05, 4.69) is 5.32 Å². The van der Waals surface area contributed by atoms with E-state index in [-0.39, 0.29) is 12.0 Å². The van der Waals surface area contributed by atoms with E-state index < -0.39 is 11.6 Å². The van der Waals surface area contributed by atoms with E-state index in [0.29, 0.717) is 12.2 Å². The molecule has 1 N–H and O–H groups in total. The van der Waals surface area contributed by atoms with E-state index in [1.54, 1.807) is 0 Å². The fourth-order valence-electron chi connectivity index (χ4n) is 2.32. The van der Waals surface area contributed by atoms with E-state index in [0.717, 1.165) is 25.6 Å². The molecule has 0 amide bonds. The normalized spacial score (nSPS) is 21.7. The molecule has 0 spiro atoms. The molecule has 1 fully saturated rings. The number of rotatable bonds is 4. The molecule has 0 bridgehead atoms. The van der Waals surface area contributed by atoms with Gasteiger partial charge in [-0.1, -0.05) is 13.0 Å². The topological polar surface area (TPSA) is 21.3 Å². The van der Waals surface area contributed by atoms with Gasteiger partial charge in [-0.15, -0.1) is 0 Å². The molecule has 1 aromatic rings. The van der Waals surface area contributed by atoms with Gasteiger partial charge >= 0.3 is 0 Å². The number of ether oxygens (including phenoxy) is 1. The summed E-state index contributed by atoms with van der Waals surface area (Å²) >= 11 is 0. The molecule has 0 saturated carbocycles. The van der Waals surface area contributed by atoms with E-state index in [1.807, 2.05) is 6.92 Å². The lowest BCUT2D eigenvalue weighted by atomic mass is 9.92. The molecule has 0 aliphatic carbocycles. The van der Waals surface area contributed by atoms with Gasteiger partial charge in [0, 0.05) is 30.2 Å². The second kappa shape index (κ2) is 5.56. The summed E-state index contributed by atoms with van der Waals surface area (Å²) in [4.78, 5) is 0. The molecule has 2 unspecified atom stereocenters. The van der Waals surface area contributed by atoms with Crippen molar-refractivity contribution in [2.24, 2.45) is 5.92 Å². The van der Waals surface area contributed by atoms with Crippen LogP contribution in [0.4, 0.5) is 8.78 Å². The van der Waals surface area contributed by atoms with Crippen molar-refractivity contribution in [1.29, 1.82) is 0 Å². The average Bonchev–Trinajstić information content (AvgIpc) is 2.80. The molecule has 94 valence electrons. The molecule has 1 aromatic carbocycles. The Balaban J connectivity index is 2.24. The largest absolute Gasteiger partial charge is 0.381 e. The molecule has 17 heavy (non-hydrogen) atoms. The van der Waals surface area contributed by atoms with Crippen LogP contribution in [0.5, 0.6) is 0 Å². The molecular weight excluding hydrogens is 224 g/mol. The van der Waals surface area contributed by atoms with E-state index in [4.69, 9.17) is 4.74 Å². The van der Waals surface area contributed by atoms with Gasteiger partial charge in [0.1, 0.15) is 11.6 Å². The third-order valence-electron chi connectivity index (χ3n) is 3.16. The van der Waals surface area contributed by atoms with E-state index >= 15 is 0 Å². The van der Waals surface area contributed by atoms with Gasteiger partial charge in [0.15, 0.2) is 0 Å². The van der Waals surface area contributed by atoms with Crippen LogP contribution >= 0.6 is 0 Å². The highest BCUT2D eigenvalue weighted by atomic mass is 19.1. The summed E-state index contributed by atoms with van der Waals surface area (Å²) in [6.45, 7) is 4.08. The molecule has 2 rings (SSSR count). The highest BCUT2D eigenvalue weighted by Gasteiger charge is 2.28. The second-order valence-electron chi connectivity index (χ2n) is 4.32. The Morgan fingerprint density at radius 1 is 1.47 bits per heavy atom. The summed E-state index contributed by atoms with van der Waals surface area (Å²) in [6, 6.07) is 3.67. The van der Waals surface area contributed by atoms with Crippen molar-refractivity contribution in [1.82, 2.24) is 5.32 Å². The van der Waals surface area contributed by atoms with Gasteiger partial charge in [-0.2, -0.15) is 0 Å². The highest BCUT2D eigenvalue weighted by molar-refractivity contribution is 5.23. The first-order chi connectivity index (χ1) is 8.22. The number of hydrogen-bond acceptors (Lipinski definition) is 2. The maximum atomic E-state index is 13.8. The van der Waals surface area contributed by atoms with Crippen LogP contribution in [0, 0.1) is 17.6 Å². The van der Waals surface area contributed by atoms with Crippen molar-refractivity contribution in [3.63, 3.8) is 0 Å². The van der Waals surface area contributed by atoms with Crippen LogP contribution in [0.2, 0.25) is 0 Å². The number of halogens is 2. The predicted molar refractivity (Wildman–Crippen MR) is 61.7 cm³/mol.